The van der Waals surface area contributed by atoms with Crippen molar-refractivity contribution < 1.29 is 4.74 Å². The fraction of sp³-hybridized carbons (Fsp3) is 0.462. The molecule has 1 fully saturated rings. The molecule has 1 aromatic carbocycles. The molecule has 100 valence electrons. The molecule has 6 nitrogen and oxygen atoms in total. The molecule has 6 heteroatoms. The van der Waals surface area contributed by atoms with E-state index in [9.17, 15) is 0 Å². The third-order valence-electron chi connectivity index (χ3n) is 3.31. The standard InChI is InChI=1S/C13H17N5O/c1-9(14)12-8-18(6-7-19-12)13-15-10-4-2-3-5-11(10)16-17-13/h2-5,9,12H,6-8,14H2,1H3. The van der Waals surface area contributed by atoms with Gasteiger partial charge in [-0.1, -0.05) is 12.1 Å². The third kappa shape index (κ3) is 2.50. The van der Waals surface area contributed by atoms with E-state index in [2.05, 4.69) is 20.1 Å². The van der Waals surface area contributed by atoms with Crippen LogP contribution in [0.1, 0.15) is 6.92 Å². The number of hydrogen-bond donors (Lipinski definition) is 1. The second kappa shape index (κ2) is 5.07. The molecule has 2 aromatic rings. The number of rotatable bonds is 2. The molecule has 0 bridgehead atoms. The number of nitrogens with zero attached hydrogens (tertiary/aromatic N) is 4. The highest BCUT2D eigenvalue weighted by atomic mass is 16.5. The summed E-state index contributed by atoms with van der Waals surface area (Å²) < 4.78 is 5.64. The molecule has 1 aliphatic rings. The molecule has 1 aliphatic heterocycles. The summed E-state index contributed by atoms with van der Waals surface area (Å²) >= 11 is 0. The Morgan fingerprint density at radius 3 is 2.89 bits per heavy atom. The Morgan fingerprint density at radius 2 is 2.11 bits per heavy atom. The molecular weight excluding hydrogens is 242 g/mol. The second-order valence-corrected chi connectivity index (χ2v) is 4.81. The van der Waals surface area contributed by atoms with Gasteiger partial charge in [0, 0.05) is 19.1 Å². The lowest BCUT2D eigenvalue weighted by Gasteiger charge is -2.34. The molecule has 1 saturated heterocycles. The summed E-state index contributed by atoms with van der Waals surface area (Å²) in [6.07, 6.45) is 0.0174. The van der Waals surface area contributed by atoms with E-state index in [0.29, 0.717) is 19.1 Å². The van der Waals surface area contributed by atoms with Gasteiger partial charge in [0.05, 0.1) is 18.2 Å². The number of hydrogen-bond acceptors (Lipinski definition) is 6. The maximum absolute atomic E-state index is 5.89. The lowest BCUT2D eigenvalue weighted by Crippen LogP contribution is -2.50. The van der Waals surface area contributed by atoms with Crippen LogP contribution in [0.4, 0.5) is 5.95 Å². The van der Waals surface area contributed by atoms with E-state index >= 15 is 0 Å². The Morgan fingerprint density at radius 1 is 1.32 bits per heavy atom. The number of aromatic nitrogens is 3. The Bertz CT molecular complexity index is 574. The number of anilines is 1. The summed E-state index contributed by atoms with van der Waals surface area (Å²) in [6, 6.07) is 7.72. The minimum atomic E-state index is -0.00350. The highest BCUT2D eigenvalue weighted by Crippen LogP contribution is 2.16. The Labute approximate surface area is 111 Å². The van der Waals surface area contributed by atoms with Crippen LogP contribution in [0, 0.1) is 0 Å². The molecule has 2 heterocycles. The molecule has 0 amide bonds. The highest BCUT2D eigenvalue weighted by molar-refractivity contribution is 5.74. The van der Waals surface area contributed by atoms with Gasteiger partial charge in [0.1, 0.15) is 5.52 Å². The first-order chi connectivity index (χ1) is 9.24. The number of fused-ring (bicyclic) bond motifs is 1. The largest absolute Gasteiger partial charge is 0.373 e. The highest BCUT2D eigenvalue weighted by Gasteiger charge is 2.25. The third-order valence-corrected chi connectivity index (χ3v) is 3.31. The van der Waals surface area contributed by atoms with Gasteiger partial charge in [-0.2, -0.15) is 0 Å². The lowest BCUT2D eigenvalue weighted by molar-refractivity contribution is 0.0270. The average molecular weight is 259 g/mol. The molecular formula is C13H17N5O. The maximum atomic E-state index is 5.89. The van der Waals surface area contributed by atoms with Crippen LogP contribution in [-0.2, 0) is 4.74 Å². The summed E-state index contributed by atoms with van der Waals surface area (Å²) in [7, 11) is 0. The molecule has 0 spiro atoms. The van der Waals surface area contributed by atoms with E-state index in [0.717, 1.165) is 17.6 Å². The van der Waals surface area contributed by atoms with Crippen molar-refractivity contribution in [3.63, 3.8) is 0 Å². The minimum absolute atomic E-state index is 0.00350. The normalized spacial score (nSPS) is 21.6. The first-order valence-corrected chi connectivity index (χ1v) is 6.45. The van der Waals surface area contributed by atoms with Crippen molar-refractivity contribution in [3.8, 4) is 0 Å². The zero-order valence-electron chi connectivity index (χ0n) is 10.9. The van der Waals surface area contributed by atoms with Crippen molar-refractivity contribution in [1.29, 1.82) is 0 Å². The summed E-state index contributed by atoms with van der Waals surface area (Å²) in [5.41, 5.74) is 7.56. The van der Waals surface area contributed by atoms with Gasteiger partial charge in [0.15, 0.2) is 0 Å². The fourth-order valence-electron chi connectivity index (χ4n) is 2.18. The molecule has 0 radical (unpaired) electrons. The van der Waals surface area contributed by atoms with Crippen molar-refractivity contribution in [2.45, 2.75) is 19.1 Å². The van der Waals surface area contributed by atoms with Crippen LogP contribution in [0.2, 0.25) is 0 Å². The first-order valence-electron chi connectivity index (χ1n) is 6.45. The van der Waals surface area contributed by atoms with E-state index in [1.165, 1.54) is 0 Å². The van der Waals surface area contributed by atoms with Crippen LogP contribution in [-0.4, -0.2) is 47.0 Å². The Kier molecular flexibility index (Phi) is 3.27. The summed E-state index contributed by atoms with van der Waals surface area (Å²) in [5.74, 6) is 0.646. The number of para-hydroxylation sites is 1. The van der Waals surface area contributed by atoms with Gasteiger partial charge in [0.25, 0.3) is 0 Å². The van der Waals surface area contributed by atoms with Gasteiger partial charge in [-0.25, -0.2) is 4.98 Å². The van der Waals surface area contributed by atoms with Gasteiger partial charge in [-0.15, -0.1) is 10.2 Å². The van der Waals surface area contributed by atoms with Crippen LogP contribution in [0.3, 0.4) is 0 Å². The number of benzene rings is 1. The summed E-state index contributed by atoms with van der Waals surface area (Å²) in [5, 5.41) is 8.39. The molecule has 19 heavy (non-hydrogen) atoms. The predicted molar refractivity (Wildman–Crippen MR) is 72.9 cm³/mol. The maximum Gasteiger partial charge on any atom is 0.246 e. The van der Waals surface area contributed by atoms with Crippen molar-refractivity contribution in [1.82, 2.24) is 15.2 Å². The van der Waals surface area contributed by atoms with Gasteiger partial charge in [0.2, 0.25) is 5.95 Å². The number of nitrogens with two attached hydrogens (primary N) is 1. The molecule has 0 saturated carbocycles. The Balaban J connectivity index is 1.87. The van der Waals surface area contributed by atoms with Gasteiger partial charge in [-0.3, -0.25) is 0 Å². The molecule has 0 aliphatic carbocycles. The zero-order valence-corrected chi connectivity index (χ0v) is 10.9. The van der Waals surface area contributed by atoms with Crippen molar-refractivity contribution in [2.75, 3.05) is 24.6 Å². The number of morpholine rings is 1. The van der Waals surface area contributed by atoms with Crippen LogP contribution in [0.25, 0.3) is 11.0 Å². The second-order valence-electron chi connectivity index (χ2n) is 4.81. The minimum Gasteiger partial charge on any atom is -0.373 e. The first kappa shape index (κ1) is 12.3. The monoisotopic (exact) mass is 259 g/mol. The quantitative estimate of drug-likeness (QED) is 0.850. The van der Waals surface area contributed by atoms with Crippen LogP contribution in [0.5, 0.6) is 0 Å². The molecule has 3 rings (SSSR count). The predicted octanol–water partition coefficient (Wildman–Crippen LogP) is 0.577. The topological polar surface area (TPSA) is 77.2 Å². The van der Waals surface area contributed by atoms with Crippen LogP contribution in [0.15, 0.2) is 24.3 Å². The average Bonchev–Trinajstić information content (AvgIpc) is 2.47. The smallest absolute Gasteiger partial charge is 0.246 e. The molecule has 2 atom stereocenters. The van der Waals surface area contributed by atoms with Crippen LogP contribution >= 0.6 is 0 Å². The zero-order chi connectivity index (χ0) is 13.2. The molecule has 2 N–H and O–H groups in total. The van der Waals surface area contributed by atoms with Crippen molar-refractivity contribution in [3.05, 3.63) is 24.3 Å². The fourth-order valence-corrected chi connectivity index (χ4v) is 2.18. The van der Waals surface area contributed by atoms with Gasteiger partial charge >= 0.3 is 0 Å². The van der Waals surface area contributed by atoms with E-state index < -0.39 is 0 Å². The SMILES string of the molecule is CC(N)C1CN(c2nnc3ccccc3n2)CCO1. The van der Waals surface area contributed by atoms with E-state index in [-0.39, 0.29) is 12.1 Å². The van der Waals surface area contributed by atoms with Crippen molar-refractivity contribution in [2.24, 2.45) is 5.73 Å². The van der Waals surface area contributed by atoms with E-state index in [1.54, 1.807) is 0 Å². The van der Waals surface area contributed by atoms with Crippen molar-refractivity contribution >= 4 is 17.0 Å². The Hall–Kier alpha value is -1.79. The lowest BCUT2D eigenvalue weighted by atomic mass is 10.1. The summed E-state index contributed by atoms with van der Waals surface area (Å²) in [6.45, 7) is 4.07. The summed E-state index contributed by atoms with van der Waals surface area (Å²) in [4.78, 5) is 6.63. The van der Waals surface area contributed by atoms with Gasteiger partial charge in [-0.05, 0) is 19.1 Å². The van der Waals surface area contributed by atoms with E-state index in [4.69, 9.17) is 10.5 Å². The number of ether oxygens (including phenoxy) is 1. The molecule has 1 aromatic heterocycles. The van der Waals surface area contributed by atoms with Crippen LogP contribution < -0.4 is 10.6 Å². The van der Waals surface area contributed by atoms with E-state index in [1.807, 2.05) is 31.2 Å². The van der Waals surface area contributed by atoms with Gasteiger partial charge < -0.3 is 15.4 Å². The molecule has 2 unspecified atom stereocenters.